The molecule has 0 spiro atoms. The van der Waals surface area contributed by atoms with Crippen LogP contribution in [-0.4, -0.2) is 22.4 Å². The molecule has 1 aromatic heterocycles. The van der Waals surface area contributed by atoms with Crippen LogP contribution in [0.15, 0.2) is 12.4 Å². The Hall–Kier alpha value is -2.09. The molecule has 5 nitrogen and oxygen atoms in total. The number of nitrogens with two attached hydrogens (primary N) is 1. The summed E-state index contributed by atoms with van der Waals surface area (Å²) in [4.78, 5) is 18.3. The van der Waals surface area contributed by atoms with Crippen molar-refractivity contribution in [2.45, 2.75) is 13.3 Å². The molecule has 1 rings (SSSR count). The van der Waals surface area contributed by atoms with Gasteiger partial charge in [0, 0.05) is 19.9 Å². The number of carbonyl (C=O) groups excluding carboxylic acids is 1. The number of aromatic nitrogens is 2. The molecular weight excluding hydrogens is 192 g/mol. The van der Waals surface area contributed by atoms with Gasteiger partial charge >= 0.3 is 0 Å². The summed E-state index contributed by atoms with van der Waals surface area (Å²) in [5.41, 5.74) is 5.94. The van der Waals surface area contributed by atoms with Gasteiger partial charge < -0.3 is 11.1 Å². The van der Waals surface area contributed by atoms with Crippen LogP contribution in [0.25, 0.3) is 0 Å². The SMILES string of the molecule is CC(=O)NCCC#Cc1cnc(N)cn1. The Morgan fingerprint density at radius 1 is 1.53 bits per heavy atom. The zero-order chi connectivity index (χ0) is 11.1. The van der Waals surface area contributed by atoms with E-state index in [1.807, 2.05) is 0 Å². The fraction of sp³-hybridized carbons (Fsp3) is 0.300. The second-order valence-electron chi connectivity index (χ2n) is 2.86. The Morgan fingerprint density at radius 2 is 2.33 bits per heavy atom. The van der Waals surface area contributed by atoms with Crippen molar-refractivity contribution in [3.63, 3.8) is 0 Å². The predicted octanol–water partition coefficient (Wildman–Crippen LogP) is -0.0635. The molecule has 0 radical (unpaired) electrons. The highest BCUT2D eigenvalue weighted by molar-refractivity contribution is 5.72. The van der Waals surface area contributed by atoms with E-state index >= 15 is 0 Å². The fourth-order valence-electron chi connectivity index (χ4n) is 0.857. The summed E-state index contributed by atoms with van der Waals surface area (Å²) in [6, 6.07) is 0. The average Bonchev–Trinajstić information content (AvgIpc) is 2.20. The molecule has 1 amide bonds. The lowest BCUT2D eigenvalue weighted by Crippen LogP contribution is -2.20. The minimum absolute atomic E-state index is 0.0518. The normalized spacial score (nSPS) is 8.87. The van der Waals surface area contributed by atoms with Crippen molar-refractivity contribution in [3.05, 3.63) is 18.1 Å². The molecule has 1 aromatic rings. The molecule has 0 fully saturated rings. The largest absolute Gasteiger partial charge is 0.382 e. The molecule has 0 saturated heterocycles. The van der Waals surface area contributed by atoms with Crippen molar-refractivity contribution in [2.75, 3.05) is 12.3 Å². The van der Waals surface area contributed by atoms with E-state index in [0.717, 1.165) is 0 Å². The number of rotatable bonds is 2. The number of anilines is 1. The van der Waals surface area contributed by atoms with Crippen molar-refractivity contribution in [3.8, 4) is 11.8 Å². The molecule has 0 atom stereocenters. The molecule has 15 heavy (non-hydrogen) atoms. The van der Waals surface area contributed by atoms with Crippen LogP contribution in [-0.2, 0) is 4.79 Å². The minimum Gasteiger partial charge on any atom is -0.382 e. The summed E-state index contributed by atoms with van der Waals surface area (Å²) in [5, 5.41) is 2.64. The fourth-order valence-corrected chi connectivity index (χ4v) is 0.857. The molecule has 0 aliphatic carbocycles. The third-order valence-electron chi connectivity index (χ3n) is 1.51. The third kappa shape index (κ3) is 4.62. The van der Waals surface area contributed by atoms with Crippen LogP contribution < -0.4 is 11.1 Å². The van der Waals surface area contributed by atoms with E-state index in [-0.39, 0.29) is 5.91 Å². The van der Waals surface area contributed by atoms with E-state index < -0.39 is 0 Å². The Morgan fingerprint density at radius 3 is 2.93 bits per heavy atom. The highest BCUT2D eigenvalue weighted by Crippen LogP contribution is 1.93. The first-order valence-corrected chi connectivity index (χ1v) is 4.49. The monoisotopic (exact) mass is 204 g/mol. The molecule has 78 valence electrons. The summed E-state index contributed by atoms with van der Waals surface area (Å²) >= 11 is 0. The lowest BCUT2D eigenvalue weighted by atomic mass is 10.3. The van der Waals surface area contributed by atoms with Gasteiger partial charge in [0.1, 0.15) is 11.5 Å². The van der Waals surface area contributed by atoms with Gasteiger partial charge in [-0.2, -0.15) is 0 Å². The lowest BCUT2D eigenvalue weighted by molar-refractivity contribution is -0.118. The van der Waals surface area contributed by atoms with E-state index in [2.05, 4.69) is 27.1 Å². The van der Waals surface area contributed by atoms with Crippen LogP contribution in [0.2, 0.25) is 0 Å². The Labute approximate surface area is 88.1 Å². The topological polar surface area (TPSA) is 80.9 Å². The predicted molar refractivity (Wildman–Crippen MR) is 56.6 cm³/mol. The van der Waals surface area contributed by atoms with Crippen molar-refractivity contribution in [1.29, 1.82) is 0 Å². The molecule has 0 aliphatic heterocycles. The maximum absolute atomic E-state index is 10.5. The molecular formula is C10H12N4O. The molecule has 3 N–H and O–H groups in total. The highest BCUT2D eigenvalue weighted by atomic mass is 16.1. The van der Waals surface area contributed by atoms with Gasteiger partial charge in [0.15, 0.2) is 0 Å². The molecule has 0 saturated carbocycles. The van der Waals surface area contributed by atoms with Gasteiger partial charge in [0.25, 0.3) is 0 Å². The van der Waals surface area contributed by atoms with Crippen molar-refractivity contribution in [2.24, 2.45) is 0 Å². The van der Waals surface area contributed by atoms with E-state index in [0.29, 0.717) is 24.5 Å². The molecule has 0 aromatic carbocycles. The lowest BCUT2D eigenvalue weighted by Gasteiger charge is -1.94. The van der Waals surface area contributed by atoms with Crippen LogP contribution in [0.1, 0.15) is 19.0 Å². The van der Waals surface area contributed by atoms with E-state index in [9.17, 15) is 4.79 Å². The van der Waals surface area contributed by atoms with Gasteiger partial charge in [-0.3, -0.25) is 4.79 Å². The average molecular weight is 204 g/mol. The zero-order valence-corrected chi connectivity index (χ0v) is 8.45. The number of hydrogen-bond donors (Lipinski definition) is 2. The Kier molecular flexibility index (Phi) is 4.10. The molecule has 0 bridgehead atoms. The number of nitrogen functional groups attached to an aromatic ring is 1. The first kappa shape index (κ1) is 11.0. The van der Waals surface area contributed by atoms with E-state index in [1.165, 1.54) is 19.3 Å². The third-order valence-corrected chi connectivity index (χ3v) is 1.51. The summed E-state index contributed by atoms with van der Waals surface area (Å²) in [6.07, 6.45) is 3.56. The first-order valence-electron chi connectivity index (χ1n) is 4.49. The van der Waals surface area contributed by atoms with Gasteiger partial charge in [-0.05, 0) is 5.92 Å². The summed E-state index contributed by atoms with van der Waals surface area (Å²) in [6.45, 7) is 2.02. The number of amides is 1. The van der Waals surface area contributed by atoms with Crippen LogP contribution >= 0.6 is 0 Å². The minimum atomic E-state index is -0.0518. The number of carbonyl (C=O) groups is 1. The Bertz CT molecular complexity index is 388. The summed E-state index contributed by atoms with van der Waals surface area (Å²) in [5.74, 6) is 6.01. The van der Waals surface area contributed by atoms with E-state index in [1.54, 1.807) is 0 Å². The van der Waals surface area contributed by atoms with E-state index in [4.69, 9.17) is 5.73 Å². The number of nitrogens with one attached hydrogen (secondary N) is 1. The van der Waals surface area contributed by atoms with Crippen LogP contribution in [0.4, 0.5) is 5.82 Å². The number of nitrogens with zero attached hydrogens (tertiary/aromatic N) is 2. The van der Waals surface area contributed by atoms with Crippen LogP contribution in [0.3, 0.4) is 0 Å². The standard InChI is InChI=1S/C10H12N4O/c1-8(15)12-5-3-2-4-9-6-14-10(11)7-13-9/h6-7H,3,5H2,1H3,(H2,11,14)(H,12,15). The van der Waals surface area contributed by atoms with Crippen molar-refractivity contribution < 1.29 is 4.79 Å². The van der Waals surface area contributed by atoms with Gasteiger partial charge in [-0.15, -0.1) is 0 Å². The highest BCUT2D eigenvalue weighted by Gasteiger charge is 1.89. The van der Waals surface area contributed by atoms with Crippen LogP contribution in [0, 0.1) is 11.8 Å². The summed E-state index contributed by atoms with van der Waals surface area (Å²) < 4.78 is 0. The Balaban J connectivity index is 2.38. The second kappa shape index (κ2) is 5.60. The molecule has 0 aliphatic rings. The van der Waals surface area contributed by atoms with Gasteiger partial charge in [-0.25, -0.2) is 9.97 Å². The van der Waals surface area contributed by atoms with Crippen molar-refractivity contribution >= 4 is 11.7 Å². The smallest absolute Gasteiger partial charge is 0.216 e. The number of hydrogen-bond acceptors (Lipinski definition) is 4. The maximum Gasteiger partial charge on any atom is 0.216 e. The van der Waals surface area contributed by atoms with Gasteiger partial charge in [0.05, 0.1) is 12.4 Å². The van der Waals surface area contributed by atoms with Crippen LogP contribution in [0.5, 0.6) is 0 Å². The van der Waals surface area contributed by atoms with Gasteiger partial charge in [-0.1, -0.05) is 5.92 Å². The molecule has 0 unspecified atom stereocenters. The first-order chi connectivity index (χ1) is 7.18. The quantitative estimate of drug-likeness (QED) is 0.522. The molecule has 5 heteroatoms. The molecule has 1 heterocycles. The van der Waals surface area contributed by atoms with Gasteiger partial charge in [0.2, 0.25) is 5.91 Å². The summed E-state index contributed by atoms with van der Waals surface area (Å²) in [7, 11) is 0. The van der Waals surface area contributed by atoms with Crippen molar-refractivity contribution in [1.82, 2.24) is 15.3 Å². The second-order valence-corrected chi connectivity index (χ2v) is 2.86. The maximum atomic E-state index is 10.5. The zero-order valence-electron chi connectivity index (χ0n) is 8.45.